The SMILES string of the molecule is COc1cc(C)ccc1OCc1nnc(SCC(=O)Nc2ccc(Br)c(C)c2)n1C. The second kappa shape index (κ2) is 9.99. The van der Waals surface area contributed by atoms with Crippen molar-refractivity contribution >= 4 is 39.3 Å². The lowest BCUT2D eigenvalue weighted by molar-refractivity contribution is -0.113. The van der Waals surface area contributed by atoms with Gasteiger partial charge < -0.3 is 19.4 Å². The first-order valence-electron chi connectivity index (χ1n) is 9.22. The van der Waals surface area contributed by atoms with Gasteiger partial charge in [-0.05, 0) is 55.3 Å². The Morgan fingerprint density at radius 3 is 2.70 bits per heavy atom. The lowest BCUT2D eigenvalue weighted by Gasteiger charge is -2.11. The third kappa shape index (κ3) is 5.54. The van der Waals surface area contributed by atoms with Gasteiger partial charge in [0.25, 0.3) is 0 Å². The fraction of sp³-hybridized carbons (Fsp3) is 0.286. The summed E-state index contributed by atoms with van der Waals surface area (Å²) in [6.07, 6.45) is 0. The quantitative estimate of drug-likeness (QED) is 0.467. The van der Waals surface area contributed by atoms with Gasteiger partial charge in [-0.25, -0.2) is 0 Å². The van der Waals surface area contributed by atoms with Gasteiger partial charge in [-0.3, -0.25) is 4.79 Å². The molecule has 9 heteroatoms. The Hall–Kier alpha value is -2.52. The van der Waals surface area contributed by atoms with Crippen molar-refractivity contribution in [2.24, 2.45) is 7.05 Å². The van der Waals surface area contributed by atoms with E-state index in [0.29, 0.717) is 22.5 Å². The molecule has 0 aliphatic heterocycles. The van der Waals surface area contributed by atoms with Crippen molar-refractivity contribution in [2.45, 2.75) is 25.6 Å². The monoisotopic (exact) mass is 490 g/mol. The maximum Gasteiger partial charge on any atom is 0.234 e. The molecule has 0 saturated heterocycles. The summed E-state index contributed by atoms with van der Waals surface area (Å²) in [4.78, 5) is 12.3. The molecule has 1 aromatic heterocycles. The zero-order valence-corrected chi connectivity index (χ0v) is 19.6. The number of hydrogen-bond acceptors (Lipinski definition) is 6. The summed E-state index contributed by atoms with van der Waals surface area (Å²) in [7, 11) is 3.46. The molecule has 0 saturated carbocycles. The van der Waals surface area contributed by atoms with Crippen molar-refractivity contribution < 1.29 is 14.3 Å². The molecule has 0 atom stereocenters. The highest BCUT2D eigenvalue weighted by atomic mass is 79.9. The predicted molar refractivity (Wildman–Crippen MR) is 121 cm³/mol. The maximum absolute atomic E-state index is 12.3. The van der Waals surface area contributed by atoms with Crippen LogP contribution in [0.1, 0.15) is 17.0 Å². The number of carbonyl (C=O) groups is 1. The number of nitrogens with one attached hydrogen (secondary N) is 1. The fourth-order valence-corrected chi connectivity index (χ4v) is 3.66. The van der Waals surface area contributed by atoms with Crippen molar-refractivity contribution in [3.05, 3.63) is 57.8 Å². The van der Waals surface area contributed by atoms with Gasteiger partial charge in [0, 0.05) is 17.2 Å². The third-order valence-electron chi connectivity index (χ3n) is 4.38. The number of benzene rings is 2. The predicted octanol–water partition coefficient (Wildman–Crippen LogP) is 4.51. The van der Waals surface area contributed by atoms with E-state index >= 15 is 0 Å². The molecule has 0 fully saturated rings. The lowest BCUT2D eigenvalue weighted by Crippen LogP contribution is -2.14. The van der Waals surface area contributed by atoms with E-state index in [9.17, 15) is 4.79 Å². The average Bonchev–Trinajstić information content (AvgIpc) is 3.07. The number of methoxy groups -OCH3 is 1. The molecular formula is C21H23BrN4O3S. The van der Waals surface area contributed by atoms with Crippen molar-refractivity contribution in [3.8, 4) is 11.5 Å². The molecule has 158 valence electrons. The molecule has 1 amide bonds. The van der Waals surface area contributed by atoms with Crippen LogP contribution in [0.2, 0.25) is 0 Å². The van der Waals surface area contributed by atoms with E-state index in [1.54, 1.807) is 7.11 Å². The first kappa shape index (κ1) is 22.2. The van der Waals surface area contributed by atoms with Crippen molar-refractivity contribution in [3.63, 3.8) is 0 Å². The zero-order chi connectivity index (χ0) is 21.7. The lowest BCUT2D eigenvalue weighted by atomic mass is 10.2. The maximum atomic E-state index is 12.3. The van der Waals surface area contributed by atoms with Gasteiger partial charge in [0.05, 0.1) is 12.9 Å². The van der Waals surface area contributed by atoms with E-state index in [2.05, 4.69) is 31.4 Å². The molecule has 7 nitrogen and oxygen atoms in total. The molecule has 1 N–H and O–H groups in total. The summed E-state index contributed by atoms with van der Waals surface area (Å²) in [6, 6.07) is 11.4. The van der Waals surface area contributed by atoms with E-state index in [-0.39, 0.29) is 18.3 Å². The van der Waals surface area contributed by atoms with E-state index in [1.807, 2.05) is 61.9 Å². The summed E-state index contributed by atoms with van der Waals surface area (Å²) < 4.78 is 14.0. The minimum absolute atomic E-state index is 0.105. The second-order valence-corrected chi connectivity index (χ2v) is 8.50. The third-order valence-corrected chi connectivity index (χ3v) is 6.29. The second-order valence-electron chi connectivity index (χ2n) is 6.70. The Balaban J connectivity index is 1.56. The molecule has 1 heterocycles. The van der Waals surface area contributed by atoms with Crippen LogP contribution in [-0.2, 0) is 18.4 Å². The molecular weight excluding hydrogens is 468 g/mol. The van der Waals surface area contributed by atoms with E-state index < -0.39 is 0 Å². The number of carbonyl (C=O) groups excluding carboxylic acids is 1. The van der Waals surface area contributed by atoms with Gasteiger partial charge in [-0.15, -0.1) is 10.2 Å². The van der Waals surface area contributed by atoms with Crippen molar-refractivity contribution in [2.75, 3.05) is 18.2 Å². The molecule has 0 bridgehead atoms. The minimum atomic E-state index is -0.105. The van der Waals surface area contributed by atoms with Crippen LogP contribution >= 0.6 is 27.7 Å². The number of halogens is 1. The van der Waals surface area contributed by atoms with E-state index in [4.69, 9.17) is 9.47 Å². The van der Waals surface area contributed by atoms with E-state index in [1.165, 1.54) is 11.8 Å². The Labute approximate surface area is 188 Å². The molecule has 0 spiro atoms. The van der Waals surface area contributed by atoms with Gasteiger partial charge in [-0.2, -0.15) is 0 Å². The fourth-order valence-electron chi connectivity index (χ4n) is 2.68. The Morgan fingerprint density at radius 1 is 1.17 bits per heavy atom. The minimum Gasteiger partial charge on any atom is -0.493 e. The standard InChI is InChI=1S/C21H23BrN4O3S/c1-13-5-8-17(18(9-13)28-4)29-11-19-24-25-21(26(19)3)30-12-20(27)23-15-6-7-16(22)14(2)10-15/h5-10H,11-12H2,1-4H3,(H,23,27). The number of amides is 1. The first-order chi connectivity index (χ1) is 14.4. The van der Waals surface area contributed by atoms with Gasteiger partial charge in [0.2, 0.25) is 5.91 Å². The number of ether oxygens (including phenoxy) is 2. The zero-order valence-electron chi connectivity index (χ0n) is 17.2. The molecule has 2 aromatic carbocycles. The summed E-state index contributed by atoms with van der Waals surface area (Å²) in [6.45, 7) is 4.21. The molecule has 30 heavy (non-hydrogen) atoms. The van der Waals surface area contributed by atoms with Gasteiger partial charge in [0.1, 0.15) is 6.61 Å². The molecule has 0 radical (unpaired) electrons. The van der Waals surface area contributed by atoms with Crippen LogP contribution in [0.5, 0.6) is 11.5 Å². The number of anilines is 1. The number of aryl methyl sites for hydroxylation is 2. The molecule has 0 aliphatic rings. The summed E-state index contributed by atoms with van der Waals surface area (Å²) >= 11 is 4.78. The summed E-state index contributed by atoms with van der Waals surface area (Å²) in [5.41, 5.74) is 2.91. The number of hydrogen-bond donors (Lipinski definition) is 1. The number of nitrogens with zero attached hydrogens (tertiary/aromatic N) is 3. The van der Waals surface area contributed by atoms with Crippen LogP contribution in [0.4, 0.5) is 5.69 Å². The van der Waals surface area contributed by atoms with Gasteiger partial charge in [0.15, 0.2) is 22.5 Å². The summed E-state index contributed by atoms with van der Waals surface area (Å²) in [5.74, 6) is 2.10. The molecule has 3 aromatic rings. The number of aromatic nitrogens is 3. The largest absolute Gasteiger partial charge is 0.493 e. The smallest absolute Gasteiger partial charge is 0.234 e. The topological polar surface area (TPSA) is 78.3 Å². The van der Waals surface area contributed by atoms with Crippen LogP contribution < -0.4 is 14.8 Å². The molecule has 3 rings (SSSR count). The number of thioether (sulfide) groups is 1. The highest BCUT2D eigenvalue weighted by Gasteiger charge is 2.13. The Bertz CT molecular complexity index is 1050. The normalized spacial score (nSPS) is 10.7. The Kier molecular flexibility index (Phi) is 7.38. The van der Waals surface area contributed by atoms with Crippen LogP contribution in [0.15, 0.2) is 46.0 Å². The van der Waals surface area contributed by atoms with Crippen LogP contribution in [-0.4, -0.2) is 33.5 Å². The highest BCUT2D eigenvalue weighted by molar-refractivity contribution is 9.10. The van der Waals surface area contributed by atoms with Gasteiger partial charge >= 0.3 is 0 Å². The highest BCUT2D eigenvalue weighted by Crippen LogP contribution is 2.28. The van der Waals surface area contributed by atoms with Crippen LogP contribution in [0, 0.1) is 13.8 Å². The van der Waals surface area contributed by atoms with Crippen LogP contribution in [0.3, 0.4) is 0 Å². The number of rotatable bonds is 8. The molecule has 0 unspecified atom stereocenters. The van der Waals surface area contributed by atoms with Gasteiger partial charge in [-0.1, -0.05) is 33.8 Å². The van der Waals surface area contributed by atoms with Crippen molar-refractivity contribution in [1.29, 1.82) is 0 Å². The van der Waals surface area contributed by atoms with Crippen molar-refractivity contribution in [1.82, 2.24) is 14.8 Å². The summed E-state index contributed by atoms with van der Waals surface area (Å²) in [5, 5.41) is 11.9. The average molecular weight is 491 g/mol. The van der Waals surface area contributed by atoms with E-state index in [0.717, 1.165) is 21.3 Å². The first-order valence-corrected chi connectivity index (χ1v) is 11.0. The Morgan fingerprint density at radius 2 is 1.97 bits per heavy atom. The van der Waals surface area contributed by atoms with Crippen LogP contribution in [0.25, 0.3) is 0 Å². The molecule has 0 aliphatic carbocycles.